The van der Waals surface area contributed by atoms with Gasteiger partial charge in [-0.1, -0.05) is 0 Å². The van der Waals surface area contributed by atoms with Crippen LogP contribution in [0.4, 0.5) is 0 Å². The number of likely N-dealkylation sites (tertiary alicyclic amines) is 1. The topological polar surface area (TPSA) is 49.9 Å². The molecule has 1 fully saturated rings. The van der Waals surface area contributed by atoms with Gasteiger partial charge in [0.25, 0.3) is 0 Å². The molecule has 5 nitrogen and oxygen atoms in total. The van der Waals surface area contributed by atoms with Crippen LogP contribution in [0.2, 0.25) is 0 Å². The first-order chi connectivity index (χ1) is 8.63. The molecule has 1 amide bonds. The molecule has 0 radical (unpaired) electrons. The van der Waals surface area contributed by atoms with Crippen LogP contribution >= 0.6 is 0 Å². The van der Waals surface area contributed by atoms with Crippen LogP contribution in [0.3, 0.4) is 0 Å². The van der Waals surface area contributed by atoms with E-state index >= 15 is 0 Å². The second kappa shape index (κ2) is 8.08. The Hall–Kier alpha value is -1.10. The van der Waals surface area contributed by atoms with Crippen LogP contribution in [0.1, 0.15) is 32.6 Å². The van der Waals surface area contributed by atoms with E-state index in [1.165, 1.54) is 6.42 Å². The van der Waals surface area contributed by atoms with E-state index in [4.69, 9.17) is 4.74 Å². The van der Waals surface area contributed by atoms with Gasteiger partial charge in [0.05, 0.1) is 19.6 Å². The SMILES string of the molecule is CCOC(=O)CCN(C)CC(=O)N1CCCCC1. The predicted molar refractivity (Wildman–Crippen MR) is 69.2 cm³/mol. The molecule has 1 saturated heterocycles. The molecule has 0 aromatic rings. The average molecular weight is 256 g/mol. The molecule has 1 aliphatic heterocycles. The number of rotatable bonds is 6. The van der Waals surface area contributed by atoms with E-state index in [9.17, 15) is 9.59 Å². The molecule has 0 aromatic heterocycles. The molecule has 0 saturated carbocycles. The van der Waals surface area contributed by atoms with Gasteiger partial charge in [0, 0.05) is 19.6 Å². The maximum atomic E-state index is 11.9. The zero-order chi connectivity index (χ0) is 13.4. The Morgan fingerprint density at radius 3 is 2.50 bits per heavy atom. The summed E-state index contributed by atoms with van der Waals surface area (Å²) in [5.41, 5.74) is 0. The highest BCUT2D eigenvalue weighted by atomic mass is 16.5. The number of hydrogen-bond donors (Lipinski definition) is 0. The first-order valence-corrected chi connectivity index (χ1v) is 6.75. The summed E-state index contributed by atoms with van der Waals surface area (Å²) in [6.45, 7) is 4.92. The number of amides is 1. The monoisotopic (exact) mass is 256 g/mol. The van der Waals surface area contributed by atoms with Crippen molar-refractivity contribution in [1.82, 2.24) is 9.80 Å². The van der Waals surface area contributed by atoms with Gasteiger partial charge < -0.3 is 9.64 Å². The molecule has 0 atom stereocenters. The summed E-state index contributed by atoms with van der Waals surface area (Å²) in [7, 11) is 1.86. The molecule has 1 heterocycles. The Kier molecular flexibility index (Phi) is 6.72. The smallest absolute Gasteiger partial charge is 0.307 e. The molecular weight excluding hydrogens is 232 g/mol. The highest BCUT2D eigenvalue weighted by Gasteiger charge is 2.18. The van der Waals surface area contributed by atoms with Crippen LogP contribution in [0.15, 0.2) is 0 Å². The second-order valence-electron chi connectivity index (χ2n) is 4.73. The van der Waals surface area contributed by atoms with E-state index < -0.39 is 0 Å². The van der Waals surface area contributed by atoms with E-state index in [-0.39, 0.29) is 11.9 Å². The number of nitrogens with zero attached hydrogens (tertiary/aromatic N) is 2. The van der Waals surface area contributed by atoms with Gasteiger partial charge in [0.1, 0.15) is 0 Å². The van der Waals surface area contributed by atoms with Crippen molar-refractivity contribution in [3.05, 3.63) is 0 Å². The van der Waals surface area contributed by atoms with Crippen molar-refractivity contribution in [3.63, 3.8) is 0 Å². The number of carbonyl (C=O) groups excluding carboxylic acids is 2. The van der Waals surface area contributed by atoms with Crippen molar-refractivity contribution in [2.45, 2.75) is 32.6 Å². The molecule has 1 aliphatic rings. The number of esters is 1. The second-order valence-corrected chi connectivity index (χ2v) is 4.73. The molecule has 1 rings (SSSR count). The lowest BCUT2D eigenvalue weighted by molar-refractivity contribution is -0.144. The Morgan fingerprint density at radius 2 is 1.89 bits per heavy atom. The number of likely N-dealkylation sites (N-methyl/N-ethyl adjacent to an activating group) is 1. The molecule has 0 aromatic carbocycles. The molecule has 0 unspecified atom stereocenters. The summed E-state index contributed by atoms with van der Waals surface area (Å²) >= 11 is 0. The van der Waals surface area contributed by atoms with Gasteiger partial charge in [-0.25, -0.2) is 0 Å². The lowest BCUT2D eigenvalue weighted by Crippen LogP contribution is -2.42. The van der Waals surface area contributed by atoms with E-state index in [1.807, 2.05) is 16.8 Å². The third-order valence-electron chi connectivity index (χ3n) is 3.12. The third-order valence-corrected chi connectivity index (χ3v) is 3.12. The fourth-order valence-corrected chi connectivity index (χ4v) is 2.07. The number of carbonyl (C=O) groups is 2. The van der Waals surface area contributed by atoms with E-state index in [2.05, 4.69) is 0 Å². The maximum Gasteiger partial charge on any atom is 0.307 e. The molecule has 18 heavy (non-hydrogen) atoms. The van der Waals surface area contributed by atoms with Crippen molar-refractivity contribution < 1.29 is 14.3 Å². The Morgan fingerprint density at radius 1 is 1.22 bits per heavy atom. The van der Waals surface area contributed by atoms with Crippen LogP contribution in [0.5, 0.6) is 0 Å². The van der Waals surface area contributed by atoms with E-state index in [1.54, 1.807) is 6.92 Å². The van der Waals surface area contributed by atoms with Crippen molar-refractivity contribution in [2.75, 3.05) is 39.8 Å². The molecule has 0 spiro atoms. The van der Waals surface area contributed by atoms with Gasteiger partial charge in [-0.2, -0.15) is 0 Å². The van der Waals surface area contributed by atoms with Gasteiger partial charge in [-0.3, -0.25) is 14.5 Å². The minimum atomic E-state index is -0.199. The van der Waals surface area contributed by atoms with Crippen molar-refractivity contribution in [2.24, 2.45) is 0 Å². The fraction of sp³-hybridized carbons (Fsp3) is 0.846. The van der Waals surface area contributed by atoms with Gasteiger partial charge >= 0.3 is 5.97 Å². The number of hydrogen-bond acceptors (Lipinski definition) is 4. The highest BCUT2D eigenvalue weighted by Crippen LogP contribution is 2.08. The maximum absolute atomic E-state index is 11.9. The lowest BCUT2D eigenvalue weighted by atomic mass is 10.1. The van der Waals surface area contributed by atoms with Crippen LogP contribution in [-0.2, 0) is 14.3 Å². The normalized spacial score (nSPS) is 15.8. The molecule has 0 aliphatic carbocycles. The highest BCUT2D eigenvalue weighted by molar-refractivity contribution is 5.78. The van der Waals surface area contributed by atoms with Gasteiger partial charge in [-0.15, -0.1) is 0 Å². The summed E-state index contributed by atoms with van der Waals surface area (Å²) in [6, 6.07) is 0. The van der Waals surface area contributed by atoms with Crippen LogP contribution in [0.25, 0.3) is 0 Å². The average Bonchev–Trinajstić information content (AvgIpc) is 2.38. The summed E-state index contributed by atoms with van der Waals surface area (Å²) in [4.78, 5) is 26.9. The van der Waals surface area contributed by atoms with Crippen LogP contribution in [-0.4, -0.2) is 61.5 Å². The minimum Gasteiger partial charge on any atom is -0.466 e. The van der Waals surface area contributed by atoms with Crippen molar-refractivity contribution in [1.29, 1.82) is 0 Å². The quantitative estimate of drug-likeness (QED) is 0.662. The van der Waals surface area contributed by atoms with Gasteiger partial charge in [0.15, 0.2) is 0 Å². The number of piperidine rings is 1. The van der Waals surface area contributed by atoms with Crippen molar-refractivity contribution in [3.8, 4) is 0 Å². The van der Waals surface area contributed by atoms with E-state index in [0.717, 1.165) is 25.9 Å². The zero-order valence-corrected chi connectivity index (χ0v) is 11.5. The first kappa shape index (κ1) is 15.0. The summed E-state index contributed by atoms with van der Waals surface area (Å²) in [5, 5.41) is 0. The largest absolute Gasteiger partial charge is 0.466 e. The first-order valence-electron chi connectivity index (χ1n) is 6.75. The molecule has 104 valence electrons. The van der Waals surface area contributed by atoms with Crippen LogP contribution < -0.4 is 0 Å². The molecule has 0 bridgehead atoms. The van der Waals surface area contributed by atoms with Gasteiger partial charge in [-0.05, 0) is 33.2 Å². The third kappa shape index (κ3) is 5.49. The summed E-state index contributed by atoms with van der Waals surface area (Å²) in [6.07, 6.45) is 3.79. The van der Waals surface area contributed by atoms with E-state index in [0.29, 0.717) is 26.1 Å². The fourth-order valence-electron chi connectivity index (χ4n) is 2.07. The lowest BCUT2D eigenvalue weighted by Gasteiger charge is -2.28. The minimum absolute atomic E-state index is 0.168. The Labute approximate surface area is 109 Å². The Bertz CT molecular complexity index is 275. The summed E-state index contributed by atoms with van der Waals surface area (Å²) in [5.74, 6) is -0.0316. The predicted octanol–water partition coefficient (Wildman–Crippen LogP) is 0.884. The molecule has 5 heteroatoms. The molecular formula is C13H24N2O3. The standard InChI is InChI=1S/C13H24N2O3/c1-3-18-13(17)7-10-14(2)11-12(16)15-8-5-4-6-9-15/h3-11H2,1-2H3. The number of ether oxygens (including phenoxy) is 1. The van der Waals surface area contributed by atoms with Crippen molar-refractivity contribution >= 4 is 11.9 Å². The zero-order valence-electron chi connectivity index (χ0n) is 11.5. The molecule has 0 N–H and O–H groups in total. The van der Waals surface area contributed by atoms with Crippen LogP contribution in [0, 0.1) is 0 Å². The van der Waals surface area contributed by atoms with Gasteiger partial charge in [0.2, 0.25) is 5.91 Å². The summed E-state index contributed by atoms with van der Waals surface area (Å²) < 4.78 is 4.85. The Balaban J connectivity index is 2.20.